The zero-order valence-corrected chi connectivity index (χ0v) is 21.9. The average molecular weight is 517 g/mol. The first kappa shape index (κ1) is 26.8. The van der Waals surface area contributed by atoms with E-state index in [0.29, 0.717) is 40.4 Å². The molecular weight excluding hydrogens is 485 g/mol. The average Bonchev–Trinajstić information content (AvgIpc) is 2.98. The first-order valence-corrected chi connectivity index (χ1v) is 12.0. The lowest BCUT2D eigenvalue weighted by Crippen LogP contribution is -2.41. The summed E-state index contributed by atoms with van der Waals surface area (Å²) >= 11 is 0. The maximum atomic E-state index is 15.4. The Morgan fingerprint density at radius 2 is 1.92 bits per heavy atom. The van der Waals surface area contributed by atoms with Crippen LogP contribution in [0, 0.1) is 12.7 Å². The number of carbonyl (C=O) groups excluding carboxylic acids is 1. The van der Waals surface area contributed by atoms with Crippen molar-refractivity contribution in [3.63, 3.8) is 0 Å². The van der Waals surface area contributed by atoms with E-state index in [1.54, 1.807) is 40.0 Å². The van der Waals surface area contributed by atoms with Gasteiger partial charge in [-0.05, 0) is 59.7 Å². The maximum absolute atomic E-state index is 15.4. The predicted octanol–water partition coefficient (Wildman–Crippen LogP) is 5.34. The Kier molecular flexibility index (Phi) is 6.49. The summed E-state index contributed by atoms with van der Waals surface area (Å²) in [7, 11) is 1.66. The van der Waals surface area contributed by atoms with E-state index >= 15 is 4.39 Å². The molecule has 198 valence electrons. The fourth-order valence-corrected chi connectivity index (χ4v) is 4.76. The summed E-state index contributed by atoms with van der Waals surface area (Å²) in [6, 6.07) is 6.51. The molecule has 37 heavy (non-hydrogen) atoms. The molecule has 1 amide bonds. The lowest BCUT2D eigenvalue weighted by Gasteiger charge is -2.30. The van der Waals surface area contributed by atoms with Gasteiger partial charge in [0.15, 0.2) is 5.60 Å². The third kappa shape index (κ3) is 4.21. The smallest absolute Gasteiger partial charge is 0.303 e. The van der Waals surface area contributed by atoms with Gasteiger partial charge in [-0.1, -0.05) is 12.1 Å². The molecule has 1 aliphatic heterocycles. The van der Waals surface area contributed by atoms with Gasteiger partial charge < -0.3 is 20.1 Å². The SMILES string of the molecule is CCO[C@]1(C)C(=O)N(C)c2cc3c(N[C@H](C)c4cccc(C(F)(F)C(C)(C)O)c4F)nc(C)nc3cc21. The summed E-state index contributed by atoms with van der Waals surface area (Å²) in [5.74, 6) is -4.33. The number of nitrogens with zero attached hydrogens (tertiary/aromatic N) is 3. The topological polar surface area (TPSA) is 87.6 Å². The molecule has 2 N–H and O–H groups in total. The summed E-state index contributed by atoms with van der Waals surface area (Å²) < 4.78 is 50.8. The van der Waals surface area contributed by atoms with E-state index in [1.165, 1.54) is 17.0 Å². The molecule has 10 heteroatoms. The fraction of sp³-hybridized carbons (Fsp3) is 0.444. The summed E-state index contributed by atoms with van der Waals surface area (Å²) in [5.41, 5.74) is -2.64. The summed E-state index contributed by atoms with van der Waals surface area (Å²) in [4.78, 5) is 23.5. The van der Waals surface area contributed by atoms with E-state index in [4.69, 9.17) is 4.74 Å². The van der Waals surface area contributed by atoms with E-state index in [9.17, 15) is 18.7 Å². The molecule has 0 saturated carbocycles. The van der Waals surface area contributed by atoms with Gasteiger partial charge >= 0.3 is 5.92 Å². The number of halogens is 3. The molecule has 1 aromatic heterocycles. The normalized spacial score (nSPS) is 18.9. The molecule has 0 bridgehead atoms. The van der Waals surface area contributed by atoms with Crippen LogP contribution < -0.4 is 10.2 Å². The number of amides is 1. The van der Waals surface area contributed by atoms with Crippen molar-refractivity contribution in [3.8, 4) is 0 Å². The molecule has 2 atom stereocenters. The van der Waals surface area contributed by atoms with Gasteiger partial charge in [0.1, 0.15) is 23.1 Å². The first-order valence-electron chi connectivity index (χ1n) is 12.0. The Labute approximate surface area is 213 Å². The Balaban J connectivity index is 1.79. The summed E-state index contributed by atoms with van der Waals surface area (Å²) in [6.45, 7) is 9.09. The molecule has 4 rings (SSSR count). The van der Waals surface area contributed by atoms with E-state index in [1.807, 2.05) is 6.92 Å². The van der Waals surface area contributed by atoms with Crippen molar-refractivity contribution in [3.05, 3.63) is 58.7 Å². The van der Waals surface area contributed by atoms with Gasteiger partial charge in [-0.15, -0.1) is 0 Å². The van der Waals surface area contributed by atoms with Crippen LogP contribution in [0.1, 0.15) is 63.2 Å². The van der Waals surface area contributed by atoms with Gasteiger partial charge in [0.25, 0.3) is 5.91 Å². The number of hydrogen-bond donors (Lipinski definition) is 2. The number of nitrogens with one attached hydrogen (secondary N) is 1. The molecule has 0 radical (unpaired) electrons. The molecule has 0 fully saturated rings. The molecular formula is C27H31F3N4O3. The number of alkyl halides is 2. The number of ether oxygens (including phenoxy) is 1. The largest absolute Gasteiger partial charge is 0.384 e. The van der Waals surface area contributed by atoms with Crippen molar-refractivity contribution in [1.82, 2.24) is 9.97 Å². The molecule has 0 unspecified atom stereocenters. The lowest BCUT2D eigenvalue weighted by molar-refractivity contribution is -0.170. The molecule has 0 saturated heterocycles. The quantitative estimate of drug-likeness (QED) is 0.441. The van der Waals surface area contributed by atoms with Gasteiger partial charge in [-0.25, -0.2) is 14.4 Å². The fourth-order valence-electron chi connectivity index (χ4n) is 4.76. The van der Waals surface area contributed by atoms with Crippen LogP contribution in [0.3, 0.4) is 0 Å². The predicted molar refractivity (Wildman–Crippen MR) is 135 cm³/mol. The van der Waals surface area contributed by atoms with Crippen LogP contribution in [0.5, 0.6) is 0 Å². The number of carbonyl (C=O) groups is 1. The molecule has 1 aliphatic rings. The number of anilines is 2. The minimum absolute atomic E-state index is 0.0109. The van der Waals surface area contributed by atoms with E-state index < -0.39 is 34.5 Å². The molecule has 2 heterocycles. The molecule has 0 aliphatic carbocycles. The van der Waals surface area contributed by atoms with Gasteiger partial charge in [0, 0.05) is 30.2 Å². The van der Waals surface area contributed by atoms with E-state index in [-0.39, 0.29) is 11.5 Å². The van der Waals surface area contributed by atoms with Crippen LogP contribution in [0.4, 0.5) is 24.7 Å². The minimum Gasteiger partial charge on any atom is -0.384 e. The van der Waals surface area contributed by atoms with E-state index in [0.717, 1.165) is 19.9 Å². The second-order valence-corrected chi connectivity index (χ2v) is 10.0. The highest BCUT2D eigenvalue weighted by Gasteiger charge is 2.49. The number of benzene rings is 2. The van der Waals surface area contributed by atoms with Gasteiger partial charge in [-0.2, -0.15) is 8.78 Å². The van der Waals surface area contributed by atoms with Crippen molar-refractivity contribution < 1.29 is 27.8 Å². The highest BCUT2D eigenvalue weighted by Crippen LogP contribution is 2.45. The third-order valence-electron chi connectivity index (χ3n) is 6.90. The zero-order chi connectivity index (χ0) is 27.5. The van der Waals surface area contributed by atoms with Gasteiger partial charge in [0.05, 0.1) is 22.8 Å². The number of hydrogen-bond acceptors (Lipinski definition) is 6. The van der Waals surface area contributed by atoms with Gasteiger partial charge in [0.2, 0.25) is 0 Å². The van der Waals surface area contributed by atoms with Crippen LogP contribution in [-0.4, -0.2) is 40.2 Å². The van der Waals surface area contributed by atoms with Crippen molar-refractivity contribution in [1.29, 1.82) is 0 Å². The zero-order valence-electron chi connectivity index (χ0n) is 21.9. The molecule has 7 nitrogen and oxygen atoms in total. The summed E-state index contributed by atoms with van der Waals surface area (Å²) in [6.07, 6.45) is 0. The van der Waals surface area contributed by atoms with Crippen LogP contribution in [0.25, 0.3) is 10.9 Å². The molecule has 2 aromatic carbocycles. The van der Waals surface area contributed by atoms with Gasteiger partial charge in [-0.3, -0.25) is 4.79 Å². The molecule has 0 spiro atoms. The van der Waals surface area contributed by atoms with Crippen LogP contribution in [0.15, 0.2) is 30.3 Å². The van der Waals surface area contributed by atoms with Crippen LogP contribution in [-0.2, 0) is 21.1 Å². The maximum Gasteiger partial charge on any atom is 0.303 e. The van der Waals surface area contributed by atoms with Crippen LogP contribution >= 0.6 is 0 Å². The molecule has 3 aromatic rings. The van der Waals surface area contributed by atoms with Crippen molar-refractivity contribution in [2.75, 3.05) is 23.9 Å². The van der Waals surface area contributed by atoms with Crippen LogP contribution in [0.2, 0.25) is 0 Å². The lowest BCUT2D eigenvalue weighted by atomic mass is 9.91. The number of aliphatic hydroxyl groups is 1. The number of aryl methyl sites for hydroxylation is 1. The van der Waals surface area contributed by atoms with E-state index in [2.05, 4.69) is 15.3 Å². The highest BCUT2D eigenvalue weighted by atomic mass is 19.3. The minimum atomic E-state index is -3.81. The number of likely N-dealkylation sites (N-methyl/N-ethyl adjacent to an activating group) is 1. The highest BCUT2D eigenvalue weighted by molar-refractivity contribution is 6.09. The van der Waals surface area contributed by atoms with Crippen molar-refractivity contribution >= 4 is 28.3 Å². The Bertz CT molecular complexity index is 1390. The summed E-state index contributed by atoms with van der Waals surface area (Å²) in [5, 5.41) is 13.6. The number of aromatic nitrogens is 2. The Morgan fingerprint density at radius 1 is 1.24 bits per heavy atom. The monoisotopic (exact) mass is 516 g/mol. The standard InChI is InChI=1S/C27H31F3N4O3/c1-8-37-26(6)19-13-20-17(12-21(19)34(7)24(26)35)23(33-15(3)32-20)31-14(2)16-10-9-11-18(22(16)28)27(29,30)25(4,5)36/h9-14,36H,8H2,1-7H3,(H,31,32,33)/t14-,26+/m1/s1. The van der Waals surface area contributed by atoms with Crippen molar-refractivity contribution in [2.24, 2.45) is 0 Å². The second-order valence-electron chi connectivity index (χ2n) is 10.0. The Hall–Kier alpha value is -3.24. The first-order chi connectivity index (χ1) is 17.1. The third-order valence-corrected chi connectivity index (χ3v) is 6.90. The number of rotatable bonds is 7. The second kappa shape index (κ2) is 8.95. The van der Waals surface area contributed by atoms with Crippen molar-refractivity contribution in [2.45, 2.75) is 64.7 Å². The Morgan fingerprint density at radius 3 is 2.54 bits per heavy atom. The number of fused-ring (bicyclic) bond motifs is 2.